The Morgan fingerprint density at radius 3 is 2.44 bits per heavy atom. The van der Waals surface area contributed by atoms with Crippen LogP contribution in [0.1, 0.15) is 26.3 Å². The summed E-state index contributed by atoms with van der Waals surface area (Å²) in [6.45, 7) is 5.29. The molecular weight excluding hydrogens is 209 g/mol. The van der Waals surface area contributed by atoms with Crippen LogP contribution in [0.15, 0.2) is 18.2 Å². The lowest BCUT2D eigenvalue weighted by atomic mass is 10.1. The maximum absolute atomic E-state index is 13.5. The first-order valence-corrected chi connectivity index (χ1v) is 4.99. The standard InChI is InChI=1S/C12H16FNO2/c1-12(2,3)14(15)8-9-5-6-10(16-4)7-11(9)13/h5-8H,1-4H3/b14-8-. The first kappa shape index (κ1) is 12.5. The van der Waals surface area contributed by atoms with Crippen LogP contribution in [0.5, 0.6) is 5.75 Å². The van der Waals surface area contributed by atoms with Crippen molar-refractivity contribution in [1.82, 2.24) is 0 Å². The first-order chi connectivity index (χ1) is 7.34. The van der Waals surface area contributed by atoms with Gasteiger partial charge >= 0.3 is 0 Å². The van der Waals surface area contributed by atoms with Gasteiger partial charge < -0.3 is 9.94 Å². The predicted octanol–water partition coefficient (Wildman–Crippen LogP) is 2.56. The third kappa shape index (κ3) is 2.95. The Hall–Kier alpha value is -1.58. The Kier molecular flexibility index (Phi) is 3.52. The Bertz CT molecular complexity index is 408. The molecule has 0 radical (unpaired) electrons. The summed E-state index contributed by atoms with van der Waals surface area (Å²) in [4.78, 5) is 0. The van der Waals surface area contributed by atoms with Gasteiger partial charge in [-0.2, -0.15) is 0 Å². The van der Waals surface area contributed by atoms with Crippen LogP contribution < -0.4 is 4.74 Å². The topological polar surface area (TPSA) is 35.3 Å². The van der Waals surface area contributed by atoms with Crippen molar-refractivity contribution in [1.29, 1.82) is 0 Å². The van der Waals surface area contributed by atoms with E-state index in [1.165, 1.54) is 25.5 Å². The van der Waals surface area contributed by atoms with Gasteiger partial charge in [-0.3, -0.25) is 0 Å². The van der Waals surface area contributed by atoms with Crippen molar-refractivity contribution in [3.8, 4) is 5.75 Å². The largest absolute Gasteiger partial charge is 0.623 e. The zero-order valence-corrected chi connectivity index (χ0v) is 9.95. The van der Waals surface area contributed by atoms with Crippen molar-refractivity contribution in [2.45, 2.75) is 26.3 Å². The molecule has 0 atom stereocenters. The molecule has 0 aromatic heterocycles. The maximum atomic E-state index is 13.5. The van der Waals surface area contributed by atoms with Gasteiger partial charge in [0.05, 0.1) is 12.7 Å². The molecule has 1 aromatic rings. The number of methoxy groups -OCH3 is 1. The Labute approximate surface area is 94.8 Å². The van der Waals surface area contributed by atoms with Crippen LogP contribution >= 0.6 is 0 Å². The van der Waals surface area contributed by atoms with E-state index in [4.69, 9.17) is 4.74 Å². The van der Waals surface area contributed by atoms with Gasteiger partial charge in [-0.15, -0.1) is 0 Å². The Morgan fingerprint density at radius 2 is 2.00 bits per heavy atom. The Morgan fingerprint density at radius 1 is 1.38 bits per heavy atom. The lowest BCUT2D eigenvalue weighted by Gasteiger charge is -2.18. The summed E-state index contributed by atoms with van der Waals surface area (Å²) in [5.74, 6) is -0.0349. The molecule has 0 fully saturated rings. The quantitative estimate of drug-likeness (QED) is 0.335. The van der Waals surface area contributed by atoms with Gasteiger partial charge in [-0.1, -0.05) is 0 Å². The van der Waals surface area contributed by atoms with Crippen molar-refractivity contribution in [2.24, 2.45) is 0 Å². The van der Waals surface area contributed by atoms with Crippen molar-refractivity contribution in [2.75, 3.05) is 7.11 Å². The highest BCUT2D eigenvalue weighted by Gasteiger charge is 2.18. The molecule has 0 saturated heterocycles. The molecular formula is C12H16FNO2. The van der Waals surface area contributed by atoms with Crippen LogP contribution in [0.3, 0.4) is 0 Å². The fraction of sp³-hybridized carbons (Fsp3) is 0.417. The molecule has 0 spiro atoms. The molecule has 16 heavy (non-hydrogen) atoms. The third-order valence-corrected chi connectivity index (χ3v) is 2.13. The molecule has 1 rings (SSSR count). The van der Waals surface area contributed by atoms with Crippen LogP contribution in [-0.4, -0.2) is 23.6 Å². The van der Waals surface area contributed by atoms with Crippen LogP contribution in [0.4, 0.5) is 4.39 Å². The second-order valence-corrected chi connectivity index (χ2v) is 4.51. The zero-order chi connectivity index (χ0) is 12.3. The summed E-state index contributed by atoms with van der Waals surface area (Å²) in [6.07, 6.45) is 1.24. The second-order valence-electron chi connectivity index (χ2n) is 4.51. The molecule has 0 amide bonds. The molecule has 88 valence electrons. The number of hydroxylamine groups is 1. The van der Waals surface area contributed by atoms with Gasteiger partial charge in [-0.05, 0) is 12.1 Å². The van der Waals surface area contributed by atoms with Crippen molar-refractivity contribution < 1.29 is 13.9 Å². The third-order valence-electron chi connectivity index (χ3n) is 2.13. The monoisotopic (exact) mass is 225 g/mol. The fourth-order valence-electron chi connectivity index (χ4n) is 1.06. The minimum absolute atomic E-state index is 0.255. The summed E-state index contributed by atoms with van der Waals surface area (Å²) in [6, 6.07) is 4.39. The molecule has 1 aromatic carbocycles. The van der Waals surface area contributed by atoms with Gasteiger partial charge in [0.1, 0.15) is 11.6 Å². The van der Waals surface area contributed by atoms with E-state index >= 15 is 0 Å². The van der Waals surface area contributed by atoms with Crippen molar-refractivity contribution in [3.63, 3.8) is 0 Å². The molecule has 0 bridgehead atoms. The minimum atomic E-state index is -0.577. The highest BCUT2D eigenvalue weighted by Crippen LogP contribution is 2.15. The zero-order valence-electron chi connectivity index (χ0n) is 9.95. The lowest BCUT2D eigenvalue weighted by molar-refractivity contribution is -0.530. The number of benzene rings is 1. The average molecular weight is 225 g/mol. The highest BCUT2D eigenvalue weighted by molar-refractivity contribution is 5.76. The normalized spacial score (nSPS) is 12.7. The SMILES string of the molecule is COc1ccc(/C=[N+](\[O-])C(C)(C)C)c(F)c1. The smallest absolute Gasteiger partial charge is 0.185 e. The lowest BCUT2D eigenvalue weighted by Crippen LogP contribution is -2.29. The minimum Gasteiger partial charge on any atom is -0.623 e. The van der Waals surface area contributed by atoms with Crippen LogP contribution in [0.25, 0.3) is 0 Å². The van der Waals surface area contributed by atoms with E-state index in [1.54, 1.807) is 26.8 Å². The Balaban J connectivity index is 3.07. The molecule has 0 aliphatic rings. The van der Waals surface area contributed by atoms with Gasteiger partial charge in [0.15, 0.2) is 11.8 Å². The van der Waals surface area contributed by atoms with E-state index in [0.29, 0.717) is 5.75 Å². The van der Waals surface area contributed by atoms with Crippen LogP contribution in [0.2, 0.25) is 0 Å². The van der Waals surface area contributed by atoms with E-state index in [1.807, 2.05) is 0 Å². The first-order valence-electron chi connectivity index (χ1n) is 4.99. The van der Waals surface area contributed by atoms with Crippen molar-refractivity contribution in [3.05, 3.63) is 34.8 Å². The van der Waals surface area contributed by atoms with E-state index in [9.17, 15) is 9.60 Å². The molecule has 0 heterocycles. The maximum Gasteiger partial charge on any atom is 0.185 e. The predicted molar refractivity (Wildman–Crippen MR) is 61.5 cm³/mol. The molecule has 0 unspecified atom stereocenters. The number of hydrogen-bond acceptors (Lipinski definition) is 2. The van der Waals surface area contributed by atoms with Gasteiger partial charge in [-0.25, -0.2) is 9.13 Å². The van der Waals surface area contributed by atoms with Gasteiger partial charge in [0.2, 0.25) is 0 Å². The van der Waals surface area contributed by atoms with E-state index < -0.39 is 11.4 Å². The second kappa shape index (κ2) is 4.51. The summed E-state index contributed by atoms with van der Waals surface area (Å²) in [7, 11) is 1.47. The fourth-order valence-corrected chi connectivity index (χ4v) is 1.06. The number of halogens is 1. The molecule has 0 aliphatic carbocycles. The van der Waals surface area contributed by atoms with Gasteiger partial charge in [0.25, 0.3) is 0 Å². The number of rotatable bonds is 2. The summed E-state index contributed by atoms with van der Waals surface area (Å²) < 4.78 is 19.1. The van der Waals surface area contributed by atoms with Crippen LogP contribution in [-0.2, 0) is 0 Å². The van der Waals surface area contributed by atoms with E-state index in [0.717, 1.165) is 4.74 Å². The highest BCUT2D eigenvalue weighted by atomic mass is 19.1. The molecule has 0 aliphatic heterocycles. The van der Waals surface area contributed by atoms with Crippen molar-refractivity contribution >= 4 is 6.21 Å². The van der Waals surface area contributed by atoms with E-state index in [-0.39, 0.29) is 5.56 Å². The number of nitrogens with zero attached hydrogens (tertiary/aromatic N) is 1. The van der Waals surface area contributed by atoms with Gasteiger partial charge in [0, 0.05) is 26.8 Å². The molecule has 3 nitrogen and oxygen atoms in total. The molecule has 0 saturated carbocycles. The van der Waals surface area contributed by atoms with E-state index in [2.05, 4.69) is 0 Å². The molecule has 0 N–H and O–H groups in total. The molecule has 4 heteroatoms. The number of ether oxygens (including phenoxy) is 1. The number of hydrogen-bond donors (Lipinski definition) is 0. The summed E-state index contributed by atoms with van der Waals surface area (Å²) >= 11 is 0. The van der Waals surface area contributed by atoms with Crippen LogP contribution in [0, 0.1) is 11.0 Å². The summed E-state index contributed by atoms with van der Waals surface area (Å²) in [5, 5.41) is 11.6. The summed E-state index contributed by atoms with van der Waals surface area (Å²) in [5.41, 5.74) is -0.322. The average Bonchev–Trinajstić information content (AvgIpc) is 2.19.